The zero-order valence-corrected chi connectivity index (χ0v) is 49.4. The number of hydrogen-bond donors (Lipinski definition) is 14. The molecule has 16 N–H and O–H groups in total. The van der Waals surface area contributed by atoms with Crippen molar-refractivity contribution < 1.29 is 74.0 Å². The number of β-amino-alcohol motifs (C(OH)–C–C–N with tert-alkyl or cyclic N) is 1. The van der Waals surface area contributed by atoms with E-state index in [0.29, 0.717) is 6.04 Å². The number of aliphatic hydroxyl groups excluding tert-OH is 6. The number of hydrogen-bond acceptors (Lipinski definition) is 19. The number of ether oxygens (including phenoxy) is 1. The fourth-order valence-electron chi connectivity index (χ4n) is 13.5. The van der Waals surface area contributed by atoms with Crippen LogP contribution in [0.15, 0.2) is 42.5 Å². The van der Waals surface area contributed by atoms with E-state index in [4.69, 9.17) is 16.2 Å². The quantitative estimate of drug-likeness (QED) is 0.0862. The number of amides is 7. The molecule has 2 saturated carbocycles. The average Bonchev–Trinajstić information content (AvgIpc) is 2.00. The zero-order valence-electron chi connectivity index (χ0n) is 49.4. The highest BCUT2D eigenvalue weighted by atomic mass is 16.5. The third kappa shape index (κ3) is 16.1. The van der Waals surface area contributed by atoms with Crippen molar-refractivity contribution in [3.05, 3.63) is 53.6 Å². The molecular weight excluding hydrogens is 1110 g/mol. The largest absolute Gasteiger partial charge is 0.504 e. The third-order valence-corrected chi connectivity index (χ3v) is 18.4. The summed E-state index contributed by atoms with van der Waals surface area (Å²) in [5.41, 5.74) is 12.7. The molecule has 476 valence electrons. The number of phenolic OH excluding ortho intramolecular Hbond substituents is 1. The summed E-state index contributed by atoms with van der Waals surface area (Å²) in [6, 6.07) is 0.683. The summed E-state index contributed by atoms with van der Waals surface area (Å²) in [6.07, 6.45) is 0.332. The summed E-state index contributed by atoms with van der Waals surface area (Å²) in [4.78, 5) is 108. The topological polar surface area (TPSA) is 395 Å². The van der Waals surface area contributed by atoms with Crippen molar-refractivity contribution in [3.8, 4) is 11.5 Å². The van der Waals surface area contributed by atoms with E-state index in [1.54, 1.807) is 19.1 Å². The number of carbonyl (C=O) groups is 7. The van der Waals surface area contributed by atoms with E-state index in [2.05, 4.69) is 36.4 Å². The molecule has 8 rings (SSSR count). The first-order chi connectivity index (χ1) is 41.1. The van der Waals surface area contributed by atoms with Gasteiger partial charge in [-0.1, -0.05) is 45.1 Å². The molecule has 0 bridgehead atoms. The Morgan fingerprint density at radius 1 is 0.709 bits per heavy atom. The van der Waals surface area contributed by atoms with Gasteiger partial charge >= 0.3 is 0 Å². The van der Waals surface area contributed by atoms with Crippen LogP contribution in [0.4, 0.5) is 5.69 Å². The minimum atomic E-state index is -2.02. The Bertz CT molecular complexity index is 2650. The number of phenols is 1. The number of fused-ring (bicyclic) bond motifs is 2. The van der Waals surface area contributed by atoms with Crippen LogP contribution in [0, 0.1) is 17.8 Å². The number of piperazine rings is 1. The monoisotopic (exact) mass is 1210 g/mol. The van der Waals surface area contributed by atoms with Crippen LogP contribution in [0.1, 0.15) is 107 Å². The van der Waals surface area contributed by atoms with Gasteiger partial charge in [-0.05, 0) is 99.4 Å². The number of aliphatic hydroxyl groups is 6. The molecule has 0 aromatic heterocycles. The molecule has 13 atom stereocenters. The van der Waals surface area contributed by atoms with Crippen molar-refractivity contribution in [2.24, 2.45) is 29.2 Å². The van der Waals surface area contributed by atoms with Gasteiger partial charge in [-0.15, -0.1) is 0 Å². The Hall–Kier alpha value is -6.23. The molecule has 1 unspecified atom stereocenters. The third-order valence-electron chi connectivity index (χ3n) is 18.4. The van der Waals surface area contributed by atoms with Gasteiger partial charge in [-0.3, -0.25) is 38.5 Å². The van der Waals surface area contributed by atoms with Gasteiger partial charge in [0.25, 0.3) is 5.91 Å². The molecule has 4 heterocycles. The molecule has 6 fully saturated rings. The molecule has 26 nitrogen and oxygen atoms in total. The molecule has 86 heavy (non-hydrogen) atoms. The van der Waals surface area contributed by atoms with Crippen LogP contribution >= 0.6 is 0 Å². The van der Waals surface area contributed by atoms with E-state index >= 15 is 0 Å². The van der Waals surface area contributed by atoms with Gasteiger partial charge in [0, 0.05) is 94.8 Å². The first kappa shape index (κ1) is 65.7. The van der Waals surface area contributed by atoms with Crippen molar-refractivity contribution in [2.45, 2.75) is 176 Å². The molecule has 7 amide bonds. The van der Waals surface area contributed by atoms with Crippen molar-refractivity contribution >= 4 is 47.0 Å². The Labute approximate surface area is 501 Å². The Kier molecular flexibility index (Phi) is 23.0. The Morgan fingerprint density at radius 2 is 1.36 bits per heavy atom. The summed E-state index contributed by atoms with van der Waals surface area (Å²) in [5, 5.41) is 91.5. The second-order valence-electron chi connectivity index (χ2n) is 24.6. The Balaban J connectivity index is 1.03. The number of anilines is 1. The maximum absolute atomic E-state index is 14.7. The lowest BCUT2D eigenvalue weighted by molar-refractivity contribution is -0.147. The number of nitrogens with two attached hydrogens (primary N) is 2. The summed E-state index contributed by atoms with van der Waals surface area (Å²) >= 11 is 0. The zero-order chi connectivity index (χ0) is 61.9. The first-order valence-corrected chi connectivity index (χ1v) is 30.8. The Morgan fingerprint density at radius 3 is 2.02 bits per heavy atom. The molecule has 2 aromatic rings. The SMILES string of the molecule is C[C@@H](O)[C@@H]1NC(=O)C(NC(=O)c2ccc(N3CCN(C4CCC(C5CCCCC5)CC4)CC3)cc2)C[C@@H](O)CNC(=O)[C@@H]2[C@@H](O)[C@@H](C)CN2C(=O)[C@H]([C@H](O)CCN)NC(=O)[C@H]([C@H](O)Cc2ccc(O)c(OCCN)c2)NC(=O)[C@@H]2C[C@@H](O)CN2C1=O. The maximum atomic E-state index is 14.7. The molecule has 26 heteroatoms. The van der Waals surface area contributed by atoms with Gasteiger partial charge in [0.15, 0.2) is 11.5 Å². The van der Waals surface area contributed by atoms with E-state index in [-0.39, 0.29) is 55.3 Å². The lowest BCUT2D eigenvalue weighted by Gasteiger charge is -2.44. The van der Waals surface area contributed by atoms with Gasteiger partial charge < -0.3 is 93.2 Å². The smallest absolute Gasteiger partial charge is 0.251 e. The molecule has 0 radical (unpaired) electrons. The van der Waals surface area contributed by atoms with E-state index in [0.717, 1.165) is 53.5 Å². The van der Waals surface area contributed by atoms with Gasteiger partial charge in [-0.25, -0.2) is 0 Å². The van der Waals surface area contributed by atoms with E-state index in [1.165, 1.54) is 82.9 Å². The predicted molar refractivity (Wildman–Crippen MR) is 314 cm³/mol. The van der Waals surface area contributed by atoms with Crippen molar-refractivity contribution in [1.29, 1.82) is 0 Å². The van der Waals surface area contributed by atoms with Crippen molar-refractivity contribution in [3.63, 3.8) is 0 Å². The number of nitrogens with zero attached hydrogens (tertiary/aromatic N) is 4. The molecular formula is C60H91N11O15. The second kappa shape index (κ2) is 30.1. The van der Waals surface area contributed by atoms with Crippen LogP contribution in [-0.2, 0) is 35.2 Å². The predicted octanol–water partition coefficient (Wildman–Crippen LogP) is -2.71. The summed E-state index contributed by atoms with van der Waals surface area (Å²) < 4.78 is 5.52. The van der Waals surface area contributed by atoms with E-state index in [1.807, 2.05) is 12.1 Å². The number of rotatable bonds is 15. The second-order valence-corrected chi connectivity index (χ2v) is 24.6. The van der Waals surface area contributed by atoms with Gasteiger partial charge in [0.2, 0.25) is 35.4 Å². The molecule has 4 aliphatic heterocycles. The number of aromatic hydroxyl groups is 1. The van der Waals surface area contributed by atoms with Gasteiger partial charge in [0.1, 0.15) is 42.9 Å². The highest BCUT2D eigenvalue weighted by Gasteiger charge is 2.50. The van der Waals surface area contributed by atoms with Crippen LogP contribution in [0.3, 0.4) is 0 Å². The first-order valence-electron chi connectivity index (χ1n) is 30.8. The van der Waals surface area contributed by atoms with Crippen molar-refractivity contribution in [2.75, 3.05) is 70.4 Å². The highest BCUT2D eigenvalue weighted by molar-refractivity contribution is 6.00. The molecule has 0 spiro atoms. The van der Waals surface area contributed by atoms with Crippen LogP contribution in [-0.4, -0.2) is 236 Å². The van der Waals surface area contributed by atoms with E-state index < -0.39 is 152 Å². The summed E-state index contributed by atoms with van der Waals surface area (Å²) in [5.74, 6) is -6.62. The standard InChI is InChI=1S/C60H91N11O15/c1-33-31-71-52(53(33)78)58(83)63-30-41(73)28-43(64-54(79)38-11-15-40(16-12-38)69-23-21-68(22-24-69)39-13-9-37(10-14-39)36-6-4-3-5-7-36)55(80)65-49(34(2)72)59(84)70-32-42(74)29-44(70)56(81)66-50(57(82)67-51(60(71)85)46(76)18-19-61)47(77)26-35-8-17-45(75)48(27-35)86-25-20-62/h8,11-12,15-17,27,33-34,36-37,39,41-44,46-47,49-53,72-78H,3-7,9-10,13-14,18-26,28-32,61-62H2,1-2H3,(H,63,83)(H,64,79)(H,65,80)(H,66,81)(H,67,82)/t33-,34+,37?,39?,41+,42+,43?,44-,46+,47+,49-,50-,51-,52-,53-/m0/s1. The lowest BCUT2D eigenvalue weighted by atomic mass is 9.72. The molecule has 2 aromatic carbocycles. The van der Waals surface area contributed by atoms with Crippen LogP contribution < -0.4 is 47.7 Å². The van der Waals surface area contributed by atoms with Crippen LogP contribution in [0.2, 0.25) is 0 Å². The number of benzene rings is 2. The summed E-state index contributed by atoms with van der Waals surface area (Å²) in [6.45, 7) is 4.67. The molecule has 4 saturated heterocycles. The number of carbonyl (C=O) groups excluding carboxylic acids is 7. The molecule has 2 aliphatic carbocycles. The average molecular weight is 1210 g/mol. The fourth-order valence-corrected chi connectivity index (χ4v) is 13.5. The number of nitrogens with one attached hydrogen (secondary N) is 5. The van der Waals surface area contributed by atoms with Crippen LogP contribution in [0.25, 0.3) is 0 Å². The maximum Gasteiger partial charge on any atom is 0.251 e. The van der Waals surface area contributed by atoms with Gasteiger partial charge in [-0.2, -0.15) is 0 Å². The lowest BCUT2D eigenvalue weighted by Crippen LogP contribution is -2.64. The van der Waals surface area contributed by atoms with E-state index in [9.17, 15) is 69.3 Å². The normalized spacial score (nSPS) is 31.1. The van der Waals surface area contributed by atoms with Gasteiger partial charge in [0.05, 0.1) is 36.6 Å². The van der Waals surface area contributed by atoms with Crippen molar-refractivity contribution in [1.82, 2.24) is 41.3 Å². The highest BCUT2D eigenvalue weighted by Crippen LogP contribution is 2.40. The van der Waals surface area contributed by atoms with Crippen LogP contribution in [0.5, 0.6) is 11.5 Å². The fraction of sp³-hybridized carbons (Fsp3) is 0.683. The minimum absolute atomic E-state index is 0.00553. The molecule has 6 aliphatic rings. The minimum Gasteiger partial charge on any atom is -0.504 e. The summed E-state index contributed by atoms with van der Waals surface area (Å²) in [7, 11) is 0.